The number of para-hydroxylation sites is 2. The van der Waals surface area contributed by atoms with E-state index >= 15 is 0 Å². The zero-order chi connectivity index (χ0) is 29.5. The lowest BCUT2D eigenvalue weighted by molar-refractivity contribution is 0.341. The molecular formula is C39H25N3O2. The molecule has 0 saturated heterocycles. The minimum atomic E-state index is -0.113. The number of fused-ring (bicyclic) bond motifs is 10. The molecule has 44 heavy (non-hydrogen) atoms. The molecule has 0 aliphatic heterocycles. The van der Waals surface area contributed by atoms with E-state index in [9.17, 15) is 10.5 Å². The molecule has 8 aromatic rings. The first-order chi connectivity index (χ1) is 21.6. The summed E-state index contributed by atoms with van der Waals surface area (Å²) in [4.78, 5) is 0. The Hall–Kier alpha value is -5.78. The fourth-order valence-corrected chi connectivity index (χ4v) is 7.49. The molecule has 3 aromatic heterocycles. The molecule has 1 aliphatic rings. The van der Waals surface area contributed by atoms with Gasteiger partial charge >= 0.3 is 0 Å². The molecule has 0 saturated carbocycles. The van der Waals surface area contributed by atoms with Crippen molar-refractivity contribution in [2.45, 2.75) is 19.4 Å². The van der Waals surface area contributed by atoms with Crippen LogP contribution in [0.15, 0.2) is 112 Å². The maximum Gasteiger partial charge on any atom is 0.178 e. The molecular weight excluding hydrogens is 542 g/mol. The lowest BCUT2D eigenvalue weighted by Crippen LogP contribution is -2.27. The van der Waals surface area contributed by atoms with Crippen LogP contribution in [0.4, 0.5) is 0 Å². The van der Waals surface area contributed by atoms with Crippen molar-refractivity contribution in [3.63, 3.8) is 0 Å². The molecule has 5 nitrogen and oxygen atoms in total. The molecule has 0 N–H and O–H groups in total. The second-order valence-electron chi connectivity index (χ2n) is 11.9. The highest BCUT2D eigenvalue weighted by Crippen LogP contribution is 2.48. The van der Waals surface area contributed by atoms with Gasteiger partial charge in [-0.05, 0) is 78.1 Å². The number of nitriles is 2. The molecule has 5 heteroatoms. The van der Waals surface area contributed by atoms with Crippen molar-refractivity contribution in [3.05, 3.63) is 114 Å². The van der Waals surface area contributed by atoms with Crippen LogP contribution in [0.3, 0.4) is 0 Å². The third-order valence-electron chi connectivity index (χ3n) is 9.64. The zero-order valence-corrected chi connectivity index (χ0v) is 23.9. The maximum atomic E-state index is 10.2. The van der Waals surface area contributed by atoms with E-state index in [1.165, 1.54) is 5.57 Å². The van der Waals surface area contributed by atoms with Crippen LogP contribution >= 0.6 is 0 Å². The summed E-state index contributed by atoms with van der Waals surface area (Å²) < 4.78 is 15.1. The number of allylic oxidation sites excluding steroid dienone is 2. The average molecular weight is 568 g/mol. The van der Waals surface area contributed by atoms with Crippen LogP contribution < -0.4 is 0 Å². The summed E-state index contributed by atoms with van der Waals surface area (Å²) in [5.74, 6) is -0.0557. The van der Waals surface area contributed by atoms with E-state index in [1.807, 2.05) is 36.4 Å². The van der Waals surface area contributed by atoms with Crippen molar-refractivity contribution in [2.24, 2.45) is 11.8 Å². The van der Waals surface area contributed by atoms with Gasteiger partial charge in [-0.1, -0.05) is 55.5 Å². The molecule has 3 atom stereocenters. The van der Waals surface area contributed by atoms with Crippen LogP contribution in [-0.2, 0) is 0 Å². The predicted octanol–water partition coefficient (Wildman–Crippen LogP) is 10.3. The van der Waals surface area contributed by atoms with Gasteiger partial charge in [0.2, 0.25) is 0 Å². The Bertz CT molecular complexity index is 2600. The summed E-state index contributed by atoms with van der Waals surface area (Å²) in [6, 6.07) is 37.9. The molecule has 9 rings (SSSR count). The van der Waals surface area contributed by atoms with Crippen LogP contribution in [0.25, 0.3) is 71.3 Å². The van der Waals surface area contributed by atoms with Gasteiger partial charge in [0.15, 0.2) is 11.2 Å². The fraction of sp³-hybridized carbons (Fsp3) is 0.128. The van der Waals surface area contributed by atoms with Crippen LogP contribution in [-0.4, -0.2) is 4.57 Å². The minimum absolute atomic E-state index is 0.0570. The van der Waals surface area contributed by atoms with Gasteiger partial charge in [0, 0.05) is 43.4 Å². The number of rotatable bonds is 2. The van der Waals surface area contributed by atoms with Gasteiger partial charge in [-0.15, -0.1) is 0 Å². The van der Waals surface area contributed by atoms with Crippen molar-refractivity contribution < 1.29 is 8.83 Å². The Balaban J connectivity index is 1.28. The van der Waals surface area contributed by atoms with E-state index in [2.05, 4.69) is 90.4 Å². The second-order valence-corrected chi connectivity index (χ2v) is 11.9. The topological polar surface area (TPSA) is 78.8 Å². The first-order valence-corrected chi connectivity index (χ1v) is 14.9. The fourth-order valence-electron chi connectivity index (χ4n) is 7.49. The molecule has 1 aliphatic carbocycles. The van der Waals surface area contributed by atoms with Crippen LogP contribution in [0.1, 0.15) is 30.5 Å². The number of nitrogens with zero attached hydrogens (tertiary/aromatic N) is 3. The van der Waals surface area contributed by atoms with E-state index in [1.54, 1.807) is 0 Å². The van der Waals surface area contributed by atoms with Crippen LogP contribution in [0, 0.1) is 34.5 Å². The van der Waals surface area contributed by atoms with E-state index in [0.29, 0.717) is 12.0 Å². The monoisotopic (exact) mass is 567 g/mol. The summed E-state index contributed by atoms with van der Waals surface area (Å²) in [6.45, 7) is 2.19. The van der Waals surface area contributed by atoms with Crippen molar-refractivity contribution in [1.82, 2.24) is 4.57 Å². The summed E-state index contributed by atoms with van der Waals surface area (Å²) in [5, 5.41) is 26.1. The normalized spacial score (nSPS) is 18.8. The Kier molecular flexibility index (Phi) is 5.13. The molecule has 3 heterocycles. The maximum absolute atomic E-state index is 10.2. The number of hydrogen-bond acceptors (Lipinski definition) is 4. The quantitative estimate of drug-likeness (QED) is 0.208. The van der Waals surface area contributed by atoms with E-state index in [0.717, 1.165) is 71.2 Å². The van der Waals surface area contributed by atoms with Gasteiger partial charge < -0.3 is 13.4 Å². The first-order valence-electron chi connectivity index (χ1n) is 14.9. The molecule has 0 spiro atoms. The average Bonchev–Trinajstić information content (AvgIpc) is 3.73. The number of aromatic nitrogens is 1. The molecule has 0 amide bonds. The summed E-state index contributed by atoms with van der Waals surface area (Å²) >= 11 is 0. The molecule has 0 fully saturated rings. The van der Waals surface area contributed by atoms with Gasteiger partial charge in [0.05, 0.1) is 29.7 Å². The Morgan fingerprint density at radius 3 is 2.18 bits per heavy atom. The van der Waals surface area contributed by atoms with Crippen molar-refractivity contribution in [1.29, 1.82) is 10.5 Å². The highest BCUT2D eigenvalue weighted by molar-refractivity contribution is 6.19. The van der Waals surface area contributed by atoms with E-state index in [-0.39, 0.29) is 17.9 Å². The highest BCUT2D eigenvalue weighted by atomic mass is 16.4. The van der Waals surface area contributed by atoms with Crippen LogP contribution in [0.2, 0.25) is 0 Å². The number of benzene rings is 5. The largest absolute Gasteiger partial charge is 0.452 e. The third kappa shape index (κ3) is 3.33. The first kappa shape index (κ1) is 24.8. The summed E-state index contributed by atoms with van der Waals surface area (Å²) in [6.07, 6.45) is 2.95. The SMILES string of the molecule is CC1C(C#N)CC=C(c2ccc3oc4c(ccc5c6ccccc6oc54)c3c2)C1n1c2ccccc2c2cc(C#N)ccc21. The predicted molar refractivity (Wildman–Crippen MR) is 175 cm³/mol. The van der Waals surface area contributed by atoms with Crippen molar-refractivity contribution in [3.8, 4) is 12.1 Å². The van der Waals surface area contributed by atoms with Crippen LogP contribution in [0.5, 0.6) is 0 Å². The second kappa shape index (κ2) is 9.11. The molecule has 0 radical (unpaired) electrons. The highest BCUT2D eigenvalue weighted by Gasteiger charge is 2.36. The lowest BCUT2D eigenvalue weighted by Gasteiger charge is -2.36. The molecule has 0 bridgehead atoms. The number of furan rings is 2. The summed E-state index contributed by atoms with van der Waals surface area (Å²) in [7, 11) is 0. The van der Waals surface area contributed by atoms with Gasteiger partial charge in [-0.25, -0.2) is 0 Å². The van der Waals surface area contributed by atoms with Gasteiger partial charge in [-0.2, -0.15) is 10.5 Å². The summed E-state index contributed by atoms with van der Waals surface area (Å²) in [5.41, 5.74) is 8.29. The van der Waals surface area contributed by atoms with Crippen molar-refractivity contribution in [2.75, 3.05) is 0 Å². The van der Waals surface area contributed by atoms with E-state index in [4.69, 9.17) is 8.83 Å². The van der Waals surface area contributed by atoms with Gasteiger partial charge in [0.1, 0.15) is 11.2 Å². The molecule has 208 valence electrons. The Labute approximate surface area is 252 Å². The number of hydrogen-bond donors (Lipinski definition) is 0. The molecule has 3 unspecified atom stereocenters. The minimum Gasteiger partial charge on any atom is -0.452 e. The third-order valence-corrected chi connectivity index (χ3v) is 9.64. The Morgan fingerprint density at radius 1 is 0.682 bits per heavy atom. The standard InChI is InChI=1S/C39H25N3O2/c1-22-25(21-41)11-13-26(37(22)42-33-8-4-2-6-27(33)31-18-23(20-40)10-16-34(31)42)24-12-17-36-32(19-24)30-15-14-29-28-7-3-5-9-35(28)43-38(29)39(30)44-36/h2-10,12-19,22,25,37H,11H2,1H3. The van der Waals surface area contributed by atoms with Gasteiger partial charge in [-0.3, -0.25) is 0 Å². The van der Waals surface area contributed by atoms with Crippen molar-refractivity contribution >= 4 is 71.3 Å². The van der Waals surface area contributed by atoms with Gasteiger partial charge in [0.25, 0.3) is 0 Å². The molecule has 5 aromatic carbocycles. The zero-order valence-electron chi connectivity index (χ0n) is 23.9. The lowest BCUT2D eigenvalue weighted by atomic mass is 9.75. The van der Waals surface area contributed by atoms with E-state index < -0.39 is 0 Å². The smallest absolute Gasteiger partial charge is 0.178 e. The Morgan fingerprint density at radius 2 is 1.39 bits per heavy atom.